The lowest BCUT2D eigenvalue weighted by molar-refractivity contribution is -0.892. The van der Waals surface area contributed by atoms with E-state index in [1.807, 2.05) is 32.1 Å². The first-order valence-corrected chi connectivity index (χ1v) is 10.9. The fourth-order valence-electron chi connectivity index (χ4n) is 4.21. The van der Waals surface area contributed by atoms with Crippen molar-refractivity contribution < 1.29 is 9.69 Å². The van der Waals surface area contributed by atoms with E-state index in [1.54, 1.807) is 6.33 Å². The van der Waals surface area contributed by atoms with Gasteiger partial charge in [0.15, 0.2) is 6.54 Å². The van der Waals surface area contributed by atoms with Gasteiger partial charge >= 0.3 is 0 Å². The summed E-state index contributed by atoms with van der Waals surface area (Å²) in [5, 5.41) is 4.37. The minimum atomic E-state index is -0.164. The maximum Gasteiger partial charge on any atom is 0.275 e. The topological polar surface area (TPSA) is 62.6 Å². The molecule has 0 unspecified atom stereocenters. The predicted molar refractivity (Wildman–Crippen MR) is 110 cm³/mol. The van der Waals surface area contributed by atoms with Crippen molar-refractivity contribution in [1.29, 1.82) is 0 Å². The zero-order valence-corrected chi connectivity index (χ0v) is 17.4. The van der Waals surface area contributed by atoms with Gasteiger partial charge in [0.05, 0.1) is 31.6 Å². The van der Waals surface area contributed by atoms with Crippen molar-refractivity contribution in [3.05, 3.63) is 16.8 Å². The van der Waals surface area contributed by atoms with Crippen molar-refractivity contribution in [2.45, 2.75) is 52.0 Å². The Balaban J connectivity index is 1.46. The van der Waals surface area contributed by atoms with Crippen molar-refractivity contribution in [2.75, 3.05) is 37.6 Å². The molecule has 146 valence electrons. The molecular formula is C20H30N5OS+. The first-order valence-electron chi connectivity index (χ1n) is 10.1. The Morgan fingerprint density at radius 2 is 1.96 bits per heavy atom. The van der Waals surface area contributed by atoms with E-state index in [1.165, 1.54) is 40.0 Å². The first-order chi connectivity index (χ1) is 12.9. The minimum Gasteiger partial charge on any atom is -0.347 e. The van der Waals surface area contributed by atoms with Gasteiger partial charge in [0, 0.05) is 10.4 Å². The van der Waals surface area contributed by atoms with Crippen molar-refractivity contribution in [3.8, 4) is 0 Å². The number of anilines is 1. The third-order valence-corrected chi connectivity index (χ3v) is 6.63. The molecule has 7 heteroatoms. The average molecular weight is 389 g/mol. The molecule has 0 atom stereocenters. The summed E-state index contributed by atoms with van der Waals surface area (Å²) in [5.74, 6) is 1.25. The average Bonchev–Trinajstić information content (AvgIpc) is 2.99. The molecule has 0 radical (unpaired) electrons. The molecule has 0 spiro atoms. The van der Waals surface area contributed by atoms with Gasteiger partial charge in [-0.15, -0.1) is 11.3 Å². The standard InChI is InChI=1S/C20H29N5OS/c1-20(2,3)23-16(26)12-24-8-10-25(11-9-24)18-17-14-6-4-5-7-15(14)27-19(17)22-13-21-18/h13H,4-12H2,1-3H3,(H,23,26)/p+1. The number of fused-ring (bicyclic) bond motifs is 3. The molecule has 6 nitrogen and oxygen atoms in total. The number of hydrogen-bond acceptors (Lipinski definition) is 5. The van der Waals surface area contributed by atoms with E-state index < -0.39 is 0 Å². The highest BCUT2D eigenvalue weighted by atomic mass is 32.1. The number of hydrogen-bond donors (Lipinski definition) is 2. The summed E-state index contributed by atoms with van der Waals surface area (Å²) in [6.07, 6.45) is 6.63. The van der Waals surface area contributed by atoms with E-state index in [0.29, 0.717) is 6.54 Å². The van der Waals surface area contributed by atoms with Crippen molar-refractivity contribution in [1.82, 2.24) is 15.3 Å². The van der Waals surface area contributed by atoms with Gasteiger partial charge in [0.25, 0.3) is 5.91 Å². The summed E-state index contributed by atoms with van der Waals surface area (Å²) in [6.45, 7) is 10.5. The number of thiophene rings is 1. The van der Waals surface area contributed by atoms with E-state index in [0.717, 1.165) is 43.2 Å². The van der Waals surface area contributed by atoms with Crippen molar-refractivity contribution in [2.24, 2.45) is 0 Å². The summed E-state index contributed by atoms with van der Waals surface area (Å²) < 4.78 is 0. The Hall–Kier alpha value is -1.73. The van der Waals surface area contributed by atoms with Crippen LogP contribution >= 0.6 is 11.3 Å². The molecule has 27 heavy (non-hydrogen) atoms. The van der Waals surface area contributed by atoms with Gasteiger partial charge in [-0.05, 0) is 52.0 Å². The lowest BCUT2D eigenvalue weighted by Crippen LogP contribution is -3.16. The van der Waals surface area contributed by atoms with E-state index >= 15 is 0 Å². The van der Waals surface area contributed by atoms with Crippen LogP contribution in [0.4, 0.5) is 5.82 Å². The van der Waals surface area contributed by atoms with E-state index in [-0.39, 0.29) is 11.4 Å². The Morgan fingerprint density at radius 1 is 1.22 bits per heavy atom. The Morgan fingerprint density at radius 3 is 2.70 bits per heavy atom. The number of piperazine rings is 1. The third-order valence-electron chi connectivity index (χ3n) is 5.43. The fourth-order valence-corrected chi connectivity index (χ4v) is 5.44. The first kappa shape index (κ1) is 18.6. The second-order valence-corrected chi connectivity index (χ2v) is 9.88. The largest absolute Gasteiger partial charge is 0.347 e. The summed E-state index contributed by atoms with van der Waals surface area (Å²) in [5.41, 5.74) is 1.33. The highest BCUT2D eigenvalue weighted by Gasteiger charge is 2.27. The molecule has 1 aliphatic heterocycles. The number of nitrogens with zero attached hydrogens (tertiary/aromatic N) is 3. The van der Waals surface area contributed by atoms with Crippen molar-refractivity contribution >= 4 is 33.3 Å². The molecule has 0 bridgehead atoms. The molecule has 4 rings (SSSR count). The number of rotatable bonds is 3. The number of amides is 1. The molecule has 2 aliphatic rings. The molecule has 1 fully saturated rings. The Kier molecular flexibility index (Phi) is 5.07. The molecule has 1 saturated heterocycles. The van der Waals surface area contributed by atoms with Gasteiger partial charge < -0.3 is 15.1 Å². The fraction of sp³-hybridized carbons (Fsp3) is 0.650. The molecule has 1 amide bonds. The van der Waals surface area contributed by atoms with Crippen LogP contribution in [0, 0.1) is 0 Å². The second kappa shape index (κ2) is 7.36. The van der Waals surface area contributed by atoms with E-state index in [2.05, 4.69) is 20.2 Å². The number of nitrogens with one attached hydrogen (secondary N) is 2. The smallest absolute Gasteiger partial charge is 0.275 e. The molecule has 0 saturated carbocycles. The van der Waals surface area contributed by atoms with Gasteiger partial charge in [0.1, 0.15) is 17.0 Å². The highest BCUT2D eigenvalue weighted by molar-refractivity contribution is 7.19. The van der Waals surface area contributed by atoms with E-state index in [9.17, 15) is 4.79 Å². The van der Waals surface area contributed by atoms with E-state index in [4.69, 9.17) is 0 Å². The monoisotopic (exact) mass is 388 g/mol. The maximum atomic E-state index is 12.2. The summed E-state index contributed by atoms with van der Waals surface area (Å²) in [7, 11) is 0. The molecular weight excluding hydrogens is 358 g/mol. The van der Waals surface area contributed by atoms with Crippen LogP contribution in [0.25, 0.3) is 10.2 Å². The number of aromatic nitrogens is 2. The van der Waals surface area contributed by atoms with Crippen LogP contribution < -0.4 is 15.1 Å². The number of carbonyl (C=O) groups is 1. The Labute approximate surface area is 165 Å². The van der Waals surface area contributed by atoms with Gasteiger partial charge in [-0.25, -0.2) is 9.97 Å². The normalized spacial score (nSPS) is 18.6. The van der Waals surface area contributed by atoms with Crippen molar-refractivity contribution in [3.63, 3.8) is 0 Å². The van der Waals surface area contributed by atoms with Gasteiger partial charge in [-0.1, -0.05) is 0 Å². The lowest BCUT2D eigenvalue weighted by Gasteiger charge is -2.33. The number of quaternary nitrogens is 1. The second-order valence-electron chi connectivity index (χ2n) is 8.80. The SMILES string of the molecule is CC(C)(C)NC(=O)C[NH+]1CCN(c2ncnc3sc4c(c23)CCCC4)CC1. The molecule has 2 aromatic heterocycles. The van der Waals surface area contributed by atoms with Crippen LogP contribution in [0.3, 0.4) is 0 Å². The zero-order valence-electron chi connectivity index (χ0n) is 16.6. The molecule has 2 aromatic rings. The van der Waals surface area contributed by atoms with Gasteiger partial charge in [-0.2, -0.15) is 0 Å². The molecule has 0 aromatic carbocycles. The molecule has 1 aliphatic carbocycles. The third kappa shape index (κ3) is 4.09. The minimum absolute atomic E-state index is 0.141. The molecule has 2 N–H and O–H groups in total. The zero-order chi connectivity index (χ0) is 19.0. The quantitative estimate of drug-likeness (QED) is 0.829. The number of carbonyl (C=O) groups excluding carboxylic acids is 1. The van der Waals surface area contributed by atoms with Gasteiger partial charge in [0.2, 0.25) is 0 Å². The van der Waals surface area contributed by atoms with Crippen LogP contribution in [-0.4, -0.2) is 54.1 Å². The predicted octanol–water partition coefficient (Wildman–Crippen LogP) is 1.19. The van der Waals surface area contributed by atoms with Crippen LogP contribution in [0.2, 0.25) is 0 Å². The van der Waals surface area contributed by atoms with Crippen LogP contribution in [0.15, 0.2) is 6.33 Å². The lowest BCUT2D eigenvalue weighted by atomic mass is 9.97. The summed E-state index contributed by atoms with van der Waals surface area (Å²) in [6, 6.07) is 0. The van der Waals surface area contributed by atoms with Gasteiger partial charge in [-0.3, -0.25) is 4.79 Å². The van der Waals surface area contributed by atoms with Crippen LogP contribution in [0.1, 0.15) is 44.1 Å². The molecule has 3 heterocycles. The number of aryl methyl sites for hydroxylation is 2. The summed E-state index contributed by atoms with van der Waals surface area (Å²) in [4.78, 5) is 27.9. The highest BCUT2D eigenvalue weighted by Crippen LogP contribution is 2.39. The Bertz CT molecular complexity index is 833. The van der Waals surface area contributed by atoms with Crippen LogP contribution in [0.5, 0.6) is 0 Å². The maximum absolute atomic E-state index is 12.2. The van der Waals surface area contributed by atoms with Crippen LogP contribution in [-0.2, 0) is 17.6 Å². The summed E-state index contributed by atoms with van der Waals surface area (Å²) >= 11 is 1.86.